The fraction of sp³-hybridized carbons (Fsp3) is 0.606. The zero-order chi connectivity index (χ0) is 31.1. The third-order valence-corrected chi connectivity index (χ3v) is 7.25. The van der Waals surface area contributed by atoms with Gasteiger partial charge in [0.15, 0.2) is 6.29 Å². The number of rotatable bonds is 7. The lowest BCUT2D eigenvalue weighted by molar-refractivity contribution is -0.307. The van der Waals surface area contributed by atoms with Gasteiger partial charge in [-0.3, -0.25) is 4.79 Å². The Balaban J connectivity index is 2.36. The van der Waals surface area contributed by atoms with Gasteiger partial charge in [-0.1, -0.05) is 67.2 Å². The first-order valence-electron chi connectivity index (χ1n) is 14.7. The lowest BCUT2D eigenvalue weighted by Crippen LogP contribution is -2.59. The van der Waals surface area contributed by atoms with Crippen LogP contribution in [-0.4, -0.2) is 89.1 Å². The van der Waals surface area contributed by atoms with E-state index in [1.807, 2.05) is 63.3 Å². The van der Waals surface area contributed by atoms with Crippen LogP contribution in [0.3, 0.4) is 0 Å². The second-order valence-electron chi connectivity index (χ2n) is 11.0. The Morgan fingerprint density at radius 1 is 1.07 bits per heavy atom. The first kappa shape index (κ1) is 35.8. The molecular formula is C33H50O9. The molecule has 0 aromatic rings. The maximum atomic E-state index is 13.2. The molecule has 0 amide bonds. The van der Waals surface area contributed by atoms with Crippen molar-refractivity contribution in [3.8, 4) is 0 Å². The predicted molar refractivity (Wildman–Crippen MR) is 161 cm³/mol. The van der Waals surface area contributed by atoms with Crippen LogP contribution >= 0.6 is 0 Å². The lowest BCUT2D eigenvalue weighted by Gasteiger charge is -2.40. The minimum Gasteiger partial charge on any atom is -0.458 e. The molecule has 2 heterocycles. The first-order valence-corrected chi connectivity index (χ1v) is 14.7. The summed E-state index contributed by atoms with van der Waals surface area (Å²) in [5, 5.41) is 40.4. The minimum absolute atomic E-state index is 0.194. The molecule has 1 fully saturated rings. The van der Waals surface area contributed by atoms with Gasteiger partial charge in [-0.25, -0.2) is 0 Å². The number of hydrogen-bond donors (Lipinski definition) is 4. The van der Waals surface area contributed by atoms with Crippen LogP contribution in [0.25, 0.3) is 0 Å². The van der Waals surface area contributed by atoms with E-state index in [0.717, 1.165) is 24.0 Å². The van der Waals surface area contributed by atoms with Crippen molar-refractivity contribution in [2.45, 2.75) is 109 Å². The summed E-state index contributed by atoms with van der Waals surface area (Å²) in [7, 11) is 1.64. The molecule has 4 N–H and O–H groups in total. The van der Waals surface area contributed by atoms with Gasteiger partial charge in [0, 0.05) is 13.5 Å². The molecule has 0 aliphatic carbocycles. The van der Waals surface area contributed by atoms with E-state index < -0.39 is 55.5 Å². The van der Waals surface area contributed by atoms with Crippen molar-refractivity contribution in [3.63, 3.8) is 0 Å². The Morgan fingerprint density at radius 2 is 1.79 bits per heavy atom. The van der Waals surface area contributed by atoms with Gasteiger partial charge in [0.1, 0.15) is 30.5 Å². The number of hydrogen-bond acceptors (Lipinski definition) is 9. The van der Waals surface area contributed by atoms with Gasteiger partial charge in [-0.2, -0.15) is 0 Å². The molecule has 3 unspecified atom stereocenters. The molecule has 0 aromatic carbocycles. The van der Waals surface area contributed by atoms with E-state index in [4.69, 9.17) is 18.9 Å². The normalized spacial score (nSPS) is 38.1. The Bertz CT molecular complexity index is 993. The van der Waals surface area contributed by atoms with Crippen molar-refractivity contribution in [2.24, 2.45) is 5.92 Å². The van der Waals surface area contributed by atoms with Crippen molar-refractivity contribution < 1.29 is 44.2 Å². The Morgan fingerprint density at radius 3 is 2.45 bits per heavy atom. The van der Waals surface area contributed by atoms with E-state index in [2.05, 4.69) is 19.1 Å². The molecule has 0 bridgehead atoms. The monoisotopic (exact) mass is 590 g/mol. The number of aliphatic hydroxyl groups is 4. The van der Waals surface area contributed by atoms with Crippen molar-refractivity contribution in [1.29, 1.82) is 0 Å². The van der Waals surface area contributed by atoms with E-state index in [1.54, 1.807) is 13.2 Å². The second-order valence-corrected chi connectivity index (χ2v) is 11.0. The smallest absolute Gasteiger partial charge is 0.309 e. The van der Waals surface area contributed by atoms with Crippen LogP contribution < -0.4 is 0 Å². The van der Waals surface area contributed by atoms with E-state index in [9.17, 15) is 25.2 Å². The molecule has 2 aliphatic rings. The van der Waals surface area contributed by atoms with Crippen molar-refractivity contribution in [1.82, 2.24) is 0 Å². The third-order valence-electron chi connectivity index (χ3n) is 7.25. The maximum Gasteiger partial charge on any atom is 0.309 e. The van der Waals surface area contributed by atoms with Crippen LogP contribution in [0.15, 0.2) is 71.9 Å². The highest BCUT2D eigenvalue weighted by Gasteiger charge is 2.44. The molecule has 2 aliphatic heterocycles. The maximum absolute atomic E-state index is 13.2. The molecule has 0 spiro atoms. The molecule has 9 heteroatoms. The largest absolute Gasteiger partial charge is 0.458 e. The molecule has 9 nitrogen and oxygen atoms in total. The quantitative estimate of drug-likeness (QED) is 0.258. The molecule has 0 radical (unpaired) electrons. The number of allylic oxidation sites excluding steroid dienone is 7. The number of cyclic esters (lactones) is 1. The number of carbonyl (C=O) groups excluding carboxylic acids is 1. The van der Waals surface area contributed by atoms with Gasteiger partial charge in [0.05, 0.1) is 25.2 Å². The number of ether oxygens (including phenoxy) is 4. The van der Waals surface area contributed by atoms with Gasteiger partial charge >= 0.3 is 5.97 Å². The summed E-state index contributed by atoms with van der Waals surface area (Å²) in [5.41, 5.74) is 2.14. The predicted octanol–water partition coefficient (Wildman–Crippen LogP) is 3.84. The van der Waals surface area contributed by atoms with Gasteiger partial charge < -0.3 is 39.4 Å². The summed E-state index contributed by atoms with van der Waals surface area (Å²) in [6.07, 6.45) is 13.3. The molecular weight excluding hydrogens is 540 g/mol. The fourth-order valence-corrected chi connectivity index (χ4v) is 4.84. The SMILES string of the molecule is C/C=C/C/C(C)=C/C1C/C=C\C=C\C[C@H](C)/C=C(/C)C(OC)C/C=C\C(O[C@@H]2O[C@H](CO)[C@@H](O)[C@H](O)[C@H]2O)CC(=O)O1. The third kappa shape index (κ3) is 12.1. The summed E-state index contributed by atoms with van der Waals surface area (Å²) >= 11 is 0. The van der Waals surface area contributed by atoms with Gasteiger partial charge in [0.2, 0.25) is 0 Å². The van der Waals surface area contributed by atoms with Crippen molar-refractivity contribution in [2.75, 3.05) is 13.7 Å². The van der Waals surface area contributed by atoms with Gasteiger partial charge in [-0.05, 0) is 57.6 Å². The van der Waals surface area contributed by atoms with Crippen LogP contribution in [0.4, 0.5) is 0 Å². The fourth-order valence-electron chi connectivity index (χ4n) is 4.84. The summed E-state index contributed by atoms with van der Waals surface area (Å²) in [5.74, 6) is -0.212. The van der Waals surface area contributed by atoms with Crippen LogP contribution in [-0.2, 0) is 23.7 Å². The highest BCUT2D eigenvalue weighted by atomic mass is 16.7. The van der Waals surface area contributed by atoms with Crippen LogP contribution in [0.5, 0.6) is 0 Å². The van der Waals surface area contributed by atoms with Crippen LogP contribution in [0.2, 0.25) is 0 Å². The first-order chi connectivity index (χ1) is 20.1. The van der Waals surface area contributed by atoms with Gasteiger partial charge in [-0.15, -0.1) is 0 Å². The number of carbonyl (C=O) groups is 1. The van der Waals surface area contributed by atoms with Crippen LogP contribution in [0, 0.1) is 5.92 Å². The second kappa shape index (κ2) is 19.0. The zero-order valence-electron chi connectivity index (χ0n) is 25.5. The van der Waals surface area contributed by atoms with Crippen LogP contribution in [0.1, 0.15) is 59.8 Å². The molecule has 236 valence electrons. The van der Waals surface area contributed by atoms with Crippen molar-refractivity contribution >= 4 is 5.97 Å². The average Bonchev–Trinajstić information content (AvgIpc) is 2.95. The molecule has 1 saturated heterocycles. The number of aliphatic hydroxyl groups excluding tert-OH is 4. The minimum atomic E-state index is -1.60. The summed E-state index contributed by atoms with van der Waals surface area (Å²) < 4.78 is 23.0. The zero-order valence-corrected chi connectivity index (χ0v) is 25.5. The topological polar surface area (TPSA) is 135 Å². The Labute approximate surface area is 250 Å². The molecule has 0 aromatic heterocycles. The van der Waals surface area contributed by atoms with E-state index in [1.165, 1.54) is 0 Å². The van der Waals surface area contributed by atoms with E-state index in [-0.39, 0.29) is 12.5 Å². The Hall–Kier alpha value is -2.37. The Kier molecular flexibility index (Phi) is 16.2. The van der Waals surface area contributed by atoms with Gasteiger partial charge in [0.25, 0.3) is 0 Å². The standard InChI is InChI=1S/C33H50O9/c1-6-7-13-23(3)19-25-15-11-9-8-10-14-22(2)18-24(4)27(39-5)17-12-16-26(20-29(35)40-25)41-33-32(38)31(37)30(36)28(21-34)42-33/h6-12,16,18-19,22,25-28,30-34,36-38H,13-15,17,20-21H2,1-5H3/b7-6+,10-8+,11-9-,16-12-,23-19+,24-18-/t22-,25?,26?,27?,28+,30+,31-,32+,33+/m0/s1. The molecule has 42 heavy (non-hydrogen) atoms. The van der Waals surface area contributed by atoms with E-state index in [0.29, 0.717) is 18.8 Å². The highest BCUT2D eigenvalue weighted by Crippen LogP contribution is 2.25. The summed E-state index contributed by atoms with van der Waals surface area (Å²) in [6, 6.07) is 0. The van der Waals surface area contributed by atoms with Crippen molar-refractivity contribution in [3.05, 3.63) is 71.9 Å². The van der Waals surface area contributed by atoms with E-state index >= 15 is 0 Å². The highest BCUT2D eigenvalue weighted by molar-refractivity contribution is 5.70. The molecule has 9 atom stereocenters. The lowest BCUT2D eigenvalue weighted by atomic mass is 9.99. The summed E-state index contributed by atoms with van der Waals surface area (Å²) in [6.45, 7) is 7.52. The number of methoxy groups -OCH3 is 1. The summed E-state index contributed by atoms with van der Waals surface area (Å²) in [4.78, 5) is 13.2. The average molecular weight is 591 g/mol. The molecule has 0 saturated carbocycles. The molecule has 2 rings (SSSR count). The number of esters is 1.